The topological polar surface area (TPSA) is 120 Å². The normalized spacial score (nSPS) is 13.5. The number of nitrogens with one attached hydrogen (secondary N) is 1. The lowest BCUT2D eigenvalue weighted by molar-refractivity contribution is -0.168. The van der Waals surface area contributed by atoms with Crippen molar-refractivity contribution in [1.29, 1.82) is 0 Å². The van der Waals surface area contributed by atoms with E-state index in [0.717, 1.165) is 46.6 Å². The molecule has 1 aliphatic rings. The summed E-state index contributed by atoms with van der Waals surface area (Å²) in [5.41, 5.74) is 3.77. The second kappa shape index (κ2) is 18.3. The molecule has 1 atom stereocenters. The van der Waals surface area contributed by atoms with Crippen LogP contribution in [0.1, 0.15) is 70.9 Å². The molecule has 4 aromatic rings. The fourth-order valence-electron chi connectivity index (χ4n) is 5.81. The van der Waals surface area contributed by atoms with Gasteiger partial charge in [-0.15, -0.1) is 0 Å². The van der Waals surface area contributed by atoms with Crippen molar-refractivity contribution in [3.05, 3.63) is 102 Å². The molecule has 1 N–H and O–H groups in total. The molecule has 0 bridgehead atoms. The second-order valence-electron chi connectivity index (χ2n) is 14.2. The Kier molecular flexibility index (Phi) is 13.4. The number of hydrogen-bond acceptors (Lipinski definition) is 8. The fourth-order valence-corrected chi connectivity index (χ4v) is 5.81. The van der Waals surface area contributed by atoms with Gasteiger partial charge in [0.2, 0.25) is 5.91 Å². The van der Waals surface area contributed by atoms with Crippen molar-refractivity contribution in [2.45, 2.75) is 84.5 Å². The number of hydrogen-bond donors (Lipinski definition) is 1. The molecule has 10 heteroatoms. The molecule has 0 radical (unpaired) electrons. The number of carbonyl (C=O) groups is 3. The molecule has 1 saturated heterocycles. The van der Waals surface area contributed by atoms with E-state index in [1.165, 1.54) is 25.7 Å². The van der Waals surface area contributed by atoms with Crippen LogP contribution in [0.3, 0.4) is 0 Å². The SMILES string of the molecule is CCCCCCCOc1ccc(-c2cnc(-c3ccc(CC(NC(=O)OCc4ccccc4)C(=O)N4CC(C(=O)OC(C)(C)C)C4)cc3)nc2)cc1. The molecule has 1 aromatic heterocycles. The average molecular weight is 707 g/mol. The second-order valence-corrected chi connectivity index (χ2v) is 14.2. The van der Waals surface area contributed by atoms with Crippen LogP contribution in [0.5, 0.6) is 5.75 Å². The number of esters is 1. The van der Waals surface area contributed by atoms with E-state index in [1.54, 1.807) is 17.3 Å². The number of benzene rings is 3. The van der Waals surface area contributed by atoms with Gasteiger partial charge in [0, 0.05) is 43.0 Å². The summed E-state index contributed by atoms with van der Waals surface area (Å²) in [6.07, 6.45) is 9.16. The summed E-state index contributed by atoms with van der Waals surface area (Å²) in [4.78, 5) is 49.8. The summed E-state index contributed by atoms with van der Waals surface area (Å²) in [6, 6.07) is 24.0. The number of alkyl carbamates (subject to hydrolysis) is 1. The number of carbonyl (C=O) groups excluding carboxylic acids is 3. The van der Waals surface area contributed by atoms with Crippen molar-refractivity contribution in [2.75, 3.05) is 19.7 Å². The maximum atomic E-state index is 13.6. The van der Waals surface area contributed by atoms with Crippen molar-refractivity contribution in [3.63, 3.8) is 0 Å². The lowest BCUT2D eigenvalue weighted by Crippen LogP contribution is -2.59. The molecule has 10 nitrogen and oxygen atoms in total. The maximum absolute atomic E-state index is 13.6. The highest BCUT2D eigenvalue weighted by Crippen LogP contribution is 2.25. The predicted octanol–water partition coefficient (Wildman–Crippen LogP) is 7.80. The Morgan fingerprint density at radius 1 is 0.808 bits per heavy atom. The standard InChI is InChI=1S/C42H50N4O6/c1-5-6-7-8-12-23-50-36-21-19-32(20-22-36)34-25-43-38(44-26-34)33-17-15-30(16-18-33)24-37(45-41(49)51-29-31-13-10-9-11-14-31)39(47)46-27-35(28-46)40(48)52-42(2,3)4/h9-11,13-22,25-26,35,37H,5-8,12,23-24,27-29H2,1-4H3,(H,45,49). The minimum atomic E-state index is -0.896. The van der Waals surface area contributed by atoms with Gasteiger partial charge in [-0.1, -0.05) is 99.3 Å². The molecule has 1 aliphatic heterocycles. The van der Waals surface area contributed by atoms with Crippen LogP contribution in [0.25, 0.3) is 22.5 Å². The molecule has 0 aliphatic carbocycles. The first-order chi connectivity index (χ1) is 25.1. The van der Waals surface area contributed by atoms with Gasteiger partial charge in [-0.3, -0.25) is 9.59 Å². The number of nitrogens with zero attached hydrogens (tertiary/aromatic N) is 3. The number of unbranched alkanes of at least 4 members (excludes halogenated alkanes) is 4. The summed E-state index contributed by atoms with van der Waals surface area (Å²) in [5, 5.41) is 2.76. The van der Waals surface area contributed by atoms with E-state index >= 15 is 0 Å². The minimum absolute atomic E-state index is 0.0739. The zero-order valence-electron chi connectivity index (χ0n) is 30.7. The molecule has 52 heavy (non-hydrogen) atoms. The summed E-state index contributed by atoms with van der Waals surface area (Å²) < 4.78 is 16.8. The molecule has 1 fully saturated rings. The third-order valence-corrected chi connectivity index (χ3v) is 8.74. The van der Waals surface area contributed by atoms with Crippen LogP contribution in [0.15, 0.2) is 91.3 Å². The quantitative estimate of drug-likeness (QED) is 0.0926. The molecule has 0 spiro atoms. The molecule has 2 heterocycles. The third kappa shape index (κ3) is 11.4. The van der Waals surface area contributed by atoms with Gasteiger partial charge < -0.3 is 24.4 Å². The van der Waals surface area contributed by atoms with Gasteiger partial charge in [-0.25, -0.2) is 14.8 Å². The van der Waals surface area contributed by atoms with E-state index in [2.05, 4.69) is 22.2 Å². The van der Waals surface area contributed by atoms with Crippen LogP contribution in [-0.4, -0.2) is 64.2 Å². The van der Waals surface area contributed by atoms with Gasteiger partial charge >= 0.3 is 12.1 Å². The lowest BCUT2D eigenvalue weighted by atomic mass is 9.96. The zero-order chi connectivity index (χ0) is 36.9. The lowest BCUT2D eigenvalue weighted by Gasteiger charge is -2.40. The smallest absolute Gasteiger partial charge is 0.408 e. The highest BCUT2D eigenvalue weighted by molar-refractivity contribution is 5.88. The van der Waals surface area contributed by atoms with Gasteiger partial charge in [0.05, 0.1) is 12.5 Å². The van der Waals surface area contributed by atoms with Gasteiger partial charge in [0.1, 0.15) is 24.0 Å². The Hall–Kier alpha value is -5.25. The Morgan fingerprint density at radius 2 is 1.46 bits per heavy atom. The summed E-state index contributed by atoms with van der Waals surface area (Å²) in [6.45, 7) is 8.91. The first kappa shape index (κ1) is 38.0. The van der Waals surface area contributed by atoms with Gasteiger partial charge in [0.15, 0.2) is 5.82 Å². The Bertz CT molecular complexity index is 1730. The fraction of sp³-hybridized carbons (Fsp3) is 0.405. The molecule has 0 saturated carbocycles. The third-order valence-electron chi connectivity index (χ3n) is 8.74. The number of likely N-dealkylation sites (tertiary alicyclic amines) is 1. The average Bonchev–Trinajstić information content (AvgIpc) is 3.11. The van der Waals surface area contributed by atoms with Gasteiger partial charge in [-0.05, 0) is 56.0 Å². The van der Waals surface area contributed by atoms with E-state index in [-0.39, 0.29) is 38.0 Å². The molecule has 2 amide bonds. The van der Waals surface area contributed by atoms with Gasteiger partial charge in [-0.2, -0.15) is 0 Å². The van der Waals surface area contributed by atoms with Crippen molar-refractivity contribution >= 4 is 18.0 Å². The largest absolute Gasteiger partial charge is 0.494 e. The predicted molar refractivity (Wildman–Crippen MR) is 200 cm³/mol. The number of ether oxygens (including phenoxy) is 3. The molecule has 1 unspecified atom stereocenters. The Morgan fingerprint density at radius 3 is 2.12 bits per heavy atom. The highest BCUT2D eigenvalue weighted by atomic mass is 16.6. The summed E-state index contributed by atoms with van der Waals surface area (Å²) in [7, 11) is 0. The monoisotopic (exact) mass is 706 g/mol. The Balaban J connectivity index is 1.18. The summed E-state index contributed by atoms with van der Waals surface area (Å²) >= 11 is 0. The molecular formula is C42H50N4O6. The molecule has 3 aromatic carbocycles. The van der Waals surface area contributed by atoms with Crippen LogP contribution in [-0.2, 0) is 32.1 Å². The van der Waals surface area contributed by atoms with Crippen molar-refractivity contribution in [2.24, 2.45) is 5.92 Å². The minimum Gasteiger partial charge on any atom is -0.494 e. The van der Waals surface area contributed by atoms with E-state index in [9.17, 15) is 14.4 Å². The summed E-state index contributed by atoms with van der Waals surface area (Å²) in [5.74, 6) is 0.405. The van der Waals surface area contributed by atoms with Crippen LogP contribution < -0.4 is 10.1 Å². The number of amides is 2. The van der Waals surface area contributed by atoms with E-state index in [4.69, 9.17) is 14.2 Å². The molecule has 274 valence electrons. The van der Waals surface area contributed by atoms with E-state index < -0.39 is 23.7 Å². The maximum Gasteiger partial charge on any atom is 0.408 e. The number of aromatic nitrogens is 2. The first-order valence-corrected chi connectivity index (χ1v) is 18.2. The Labute approximate surface area is 306 Å². The van der Waals surface area contributed by atoms with Crippen molar-refractivity contribution in [3.8, 4) is 28.3 Å². The van der Waals surface area contributed by atoms with Crippen LogP contribution in [0.4, 0.5) is 4.79 Å². The van der Waals surface area contributed by atoms with Gasteiger partial charge in [0.25, 0.3) is 0 Å². The van der Waals surface area contributed by atoms with Crippen molar-refractivity contribution in [1.82, 2.24) is 20.2 Å². The van der Waals surface area contributed by atoms with E-state index in [1.807, 2.05) is 99.6 Å². The van der Waals surface area contributed by atoms with Crippen LogP contribution in [0, 0.1) is 5.92 Å². The number of rotatable bonds is 16. The van der Waals surface area contributed by atoms with Crippen LogP contribution >= 0.6 is 0 Å². The highest BCUT2D eigenvalue weighted by Gasteiger charge is 2.40. The molecular weight excluding hydrogens is 656 g/mol. The first-order valence-electron chi connectivity index (χ1n) is 18.2. The van der Waals surface area contributed by atoms with Crippen molar-refractivity contribution < 1.29 is 28.6 Å². The molecule has 5 rings (SSSR count). The van der Waals surface area contributed by atoms with Crippen LogP contribution in [0.2, 0.25) is 0 Å². The van der Waals surface area contributed by atoms with E-state index in [0.29, 0.717) is 5.82 Å². The zero-order valence-corrected chi connectivity index (χ0v) is 30.7.